The Hall–Kier alpha value is -2.47. The Kier molecular flexibility index (Phi) is 6.91. The lowest BCUT2D eigenvalue weighted by molar-refractivity contribution is -0.182. The van der Waals surface area contributed by atoms with Crippen LogP contribution in [0, 0.1) is 6.92 Å². The fourth-order valence-electron chi connectivity index (χ4n) is 1.98. The van der Waals surface area contributed by atoms with Crippen LogP contribution in [-0.2, 0) is 11.5 Å². The monoisotopic (exact) mass is 410 g/mol. The van der Waals surface area contributed by atoms with E-state index in [1.165, 1.54) is 18.5 Å². The summed E-state index contributed by atoms with van der Waals surface area (Å²) in [6.45, 7) is -3.02. The van der Waals surface area contributed by atoms with E-state index in [4.69, 9.17) is 12.2 Å². The summed E-state index contributed by atoms with van der Waals surface area (Å²) < 4.78 is 71.1. The molecule has 27 heavy (non-hydrogen) atoms. The standard InChI is InChI=1S/C15H15F5N4O2S/c1-9-2-3-12(26-13(16)17)11(4-9)23-14(27)22-10-5-21-24(6-10)8-25-7-15(18,19)20/h2-6,13H,7-8H2,1H3,(H2,22,23,27). The topological polar surface area (TPSA) is 60.3 Å². The molecule has 2 rings (SSSR count). The zero-order valence-electron chi connectivity index (χ0n) is 13.9. The molecule has 6 nitrogen and oxygen atoms in total. The number of ether oxygens (including phenoxy) is 2. The first-order valence-electron chi connectivity index (χ1n) is 7.43. The molecule has 0 amide bonds. The second-order valence-corrected chi connectivity index (χ2v) is 5.73. The molecule has 0 unspecified atom stereocenters. The van der Waals surface area contributed by atoms with E-state index in [0.717, 1.165) is 10.2 Å². The number of anilines is 2. The summed E-state index contributed by atoms with van der Waals surface area (Å²) in [7, 11) is 0. The van der Waals surface area contributed by atoms with E-state index in [-0.39, 0.29) is 16.5 Å². The fourth-order valence-corrected chi connectivity index (χ4v) is 2.21. The van der Waals surface area contributed by atoms with E-state index in [1.54, 1.807) is 19.1 Å². The van der Waals surface area contributed by atoms with Gasteiger partial charge < -0.3 is 20.1 Å². The molecule has 1 aromatic heterocycles. The van der Waals surface area contributed by atoms with E-state index in [1.807, 2.05) is 0 Å². The van der Waals surface area contributed by atoms with Crippen molar-refractivity contribution in [1.82, 2.24) is 9.78 Å². The molecular formula is C15H15F5N4O2S. The molecule has 0 spiro atoms. The number of alkyl halides is 5. The highest BCUT2D eigenvalue weighted by atomic mass is 32.1. The van der Waals surface area contributed by atoms with Crippen molar-refractivity contribution in [1.29, 1.82) is 0 Å². The molecule has 0 atom stereocenters. The second-order valence-electron chi connectivity index (χ2n) is 5.32. The van der Waals surface area contributed by atoms with Crippen molar-refractivity contribution >= 4 is 28.7 Å². The zero-order valence-corrected chi connectivity index (χ0v) is 14.7. The minimum Gasteiger partial charge on any atom is -0.433 e. The van der Waals surface area contributed by atoms with Gasteiger partial charge in [0, 0.05) is 0 Å². The summed E-state index contributed by atoms with van der Waals surface area (Å²) in [6.07, 6.45) is -1.74. The number of rotatable bonds is 7. The fraction of sp³-hybridized carbons (Fsp3) is 0.333. The van der Waals surface area contributed by atoms with Crippen LogP contribution < -0.4 is 15.4 Å². The Balaban J connectivity index is 1.94. The van der Waals surface area contributed by atoms with Crippen LogP contribution in [0.3, 0.4) is 0 Å². The van der Waals surface area contributed by atoms with E-state index >= 15 is 0 Å². The Morgan fingerprint density at radius 2 is 2.04 bits per heavy atom. The first-order valence-corrected chi connectivity index (χ1v) is 7.83. The summed E-state index contributed by atoms with van der Waals surface area (Å²) in [5, 5.41) is 9.32. The van der Waals surface area contributed by atoms with E-state index in [2.05, 4.69) is 25.2 Å². The van der Waals surface area contributed by atoms with E-state index < -0.39 is 26.1 Å². The number of halogens is 5. The highest BCUT2D eigenvalue weighted by molar-refractivity contribution is 7.80. The predicted molar refractivity (Wildman–Crippen MR) is 91.9 cm³/mol. The number of hydrogen-bond acceptors (Lipinski definition) is 4. The molecule has 12 heteroatoms. The third-order valence-corrected chi connectivity index (χ3v) is 3.18. The molecule has 2 aromatic rings. The first-order chi connectivity index (χ1) is 12.6. The van der Waals surface area contributed by atoms with Crippen molar-refractivity contribution < 1.29 is 31.4 Å². The Labute approximate surface area is 156 Å². The van der Waals surface area contributed by atoms with Crippen molar-refractivity contribution in [3.05, 3.63) is 36.2 Å². The largest absolute Gasteiger partial charge is 0.433 e. The Morgan fingerprint density at radius 3 is 2.70 bits per heavy atom. The number of hydrogen-bond donors (Lipinski definition) is 2. The number of aryl methyl sites for hydroxylation is 1. The lowest BCUT2D eigenvalue weighted by Crippen LogP contribution is -2.20. The Bertz CT molecular complexity index is 782. The molecule has 0 saturated carbocycles. The third-order valence-electron chi connectivity index (χ3n) is 2.98. The maximum absolute atomic E-state index is 12.5. The first kappa shape index (κ1) is 20.8. The summed E-state index contributed by atoms with van der Waals surface area (Å²) in [5.74, 6) is -0.0870. The zero-order chi connectivity index (χ0) is 20.0. The van der Waals surface area contributed by atoms with Crippen LogP contribution in [-0.4, -0.2) is 34.3 Å². The van der Waals surface area contributed by atoms with Gasteiger partial charge >= 0.3 is 12.8 Å². The molecule has 2 N–H and O–H groups in total. The third kappa shape index (κ3) is 7.35. The van der Waals surface area contributed by atoms with Gasteiger partial charge in [-0.05, 0) is 36.8 Å². The normalized spacial score (nSPS) is 11.5. The minimum atomic E-state index is -4.43. The predicted octanol–water partition coefficient (Wildman–Crippen LogP) is 4.14. The average Bonchev–Trinajstić information content (AvgIpc) is 2.95. The molecule has 1 heterocycles. The van der Waals surface area contributed by atoms with Crippen LogP contribution in [0.4, 0.5) is 33.3 Å². The van der Waals surface area contributed by atoms with Crippen molar-refractivity contribution in [2.45, 2.75) is 26.4 Å². The van der Waals surface area contributed by atoms with Crippen molar-refractivity contribution in [3.63, 3.8) is 0 Å². The lowest BCUT2D eigenvalue weighted by atomic mass is 10.2. The highest BCUT2D eigenvalue weighted by Gasteiger charge is 2.27. The summed E-state index contributed by atoms with van der Waals surface area (Å²) >= 11 is 5.10. The van der Waals surface area contributed by atoms with Crippen LogP contribution in [0.1, 0.15) is 5.56 Å². The Morgan fingerprint density at radius 1 is 1.30 bits per heavy atom. The number of nitrogens with one attached hydrogen (secondary N) is 2. The molecule has 0 aliphatic rings. The SMILES string of the molecule is Cc1ccc(OC(F)F)c(NC(=S)Nc2cnn(COCC(F)(F)F)c2)c1. The van der Waals surface area contributed by atoms with Gasteiger partial charge in [-0.15, -0.1) is 0 Å². The van der Waals surface area contributed by atoms with Crippen LogP contribution in [0.5, 0.6) is 5.75 Å². The summed E-state index contributed by atoms with van der Waals surface area (Å²) in [6, 6.07) is 4.55. The van der Waals surface area contributed by atoms with E-state index in [0.29, 0.717) is 5.69 Å². The van der Waals surface area contributed by atoms with Gasteiger partial charge in [0.15, 0.2) is 5.11 Å². The van der Waals surface area contributed by atoms with Gasteiger partial charge in [0.05, 0.1) is 23.8 Å². The second kappa shape index (κ2) is 8.95. The molecule has 0 saturated heterocycles. The van der Waals surface area contributed by atoms with Gasteiger partial charge in [-0.3, -0.25) is 0 Å². The number of thiocarbonyl (C=S) groups is 1. The molecular weight excluding hydrogens is 395 g/mol. The van der Waals surface area contributed by atoms with Gasteiger partial charge in [0.1, 0.15) is 19.1 Å². The smallest absolute Gasteiger partial charge is 0.411 e. The average molecular weight is 410 g/mol. The maximum Gasteiger partial charge on any atom is 0.411 e. The van der Waals surface area contributed by atoms with Crippen molar-refractivity contribution in [2.24, 2.45) is 0 Å². The molecule has 0 aliphatic heterocycles. The quantitative estimate of drug-likeness (QED) is 0.529. The minimum absolute atomic E-state index is 0.0514. The van der Waals surface area contributed by atoms with Gasteiger partial charge in [-0.25, -0.2) is 4.68 Å². The molecule has 0 bridgehead atoms. The maximum atomic E-state index is 12.5. The molecule has 0 fully saturated rings. The van der Waals surface area contributed by atoms with Gasteiger partial charge in [0.2, 0.25) is 0 Å². The van der Waals surface area contributed by atoms with Gasteiger partial charge in [0.25, 0.3) is 0 Å². The number of aromatic nitrogens is 2. The molecule has 1 aromatic carbocycles. The van der Waals surface area contributed by atoms with Gasteiger partial charge in [-0.1, -0.05) is 6.07 Å². The van der Waals surface area contributed by atoms with Crippen molar-refractivity contribution in [2.75, 3.05) is 17.2 Å². The molecule has 148 valence electrons. The summed E-state index contributed by atoms with van der Waals surface area (Å²) in [4.78, 5) is 0. The van der Waals surface area contributed by atoms with E-state index in [9.17, 15) is 22.0 Å². The summed E-state index contributed by atoms with van der Waals surface area (Å²) in [5.41, 5.74) is 1.39. The van der Waals surface area contributed by atoms with Crippen molar-refractivity contribution in [3.8, 4) is 5.75 Å². The van der Waals surface area contributed by atoms with Crippen LogP contribution in [0.2, 0.25) is 0 Å². The lowest BCUT2D eigenvalue weighted by Gasteiger charge is -2.14. The molecule has 0 radical (unpaired) electrons. The molecule has 0 aliphatic carbocycles. The van der Waals surface area contributed by atoms with Crippen LogP contribution >= 0.6 is 12.2 Å². The van der Waals surface area contributed by atoms with Crippen LogP contribution in [0.15, 0.2) is 30.6 Å². The number of nitrogens with zero attached hydrogens (tertiary/aromatic N) is 2. The number of benzene rings is 1. The van der Waals surface area contributed by atoms with Gasteiger partial charge in [-0.2, -0.15) is 27.1 Å². The highest BCUT2D eigenvalue weighted by Crippen LogP contribution is 2.27. The van der Waals surface area contributed by atoms with Crippen LogP contribution in [0.25, 0.3) is 0 Å².